The van der Waals surface area contributed by atoms with Gasteiger partial charge in [-0.25, -0.2) is 9.78 Å². The molecule has 0 spiro atoms. The Kier molecular flexibility index (Phi) is 4.16. The Morgan fingerprint density at radius 3 is 2.63 bits per heavy atom. The van der Waals surface area contributed by atoms with Crippen molar-refractivity contribution < 1.29 is 14.6 Å². The standard InChI is InChI=1S/C14H12BrNO3/c1-2-9-3-5-11(6-4-9)19-13-12(14(17)18)7-10(15)8-16-13/h3-8H,2H2,1H3,(H,17,18). The third-order valence-corrected chi connectivity index (χ3v) is 3.03. The van der Waals surface area contributed by atoms with E-state index in [-0.39, 0.29) is 11.4 Å². The minimum absolute atomic E-state index is 0.0222. The molecule has 2 aromatic rings. The van der Waals surface area contributed by atoms with E-state index in [1.807, 2.05) is 12.1 Å². The first-order valence-electron chi connectivity index (χ1n) is 5.75. The highest BCUT2D eigenvalue weighted by Crippen LogP contribution is 2.25. The summed E-state index contributed by atoms with van der Waals surface area (Å²) in [6.45, 7) is 2.06. The molecule has 1 aromatic heterocycles. The van der Waals surface area contributed by atoms with E-state index in [4.69, 9.17) is 9.84 Å². The van der Waals surface area contributed by atoms with E-state index in [1.165, 1.54) is 17.8 Å². The van der Waals surface area contributed by atoms with Crippen LogP contribution >= 0.6 is 15.9 Å². The molecule has 0 aliphatic rings. The van der Waals surface area contributed by atoms with Crippen molar-refractivity contribution in [2.75, 3.05) is 0 Å². The first kappa shape index (κ1) is 13.5. The van der Waals surface area contributed by atoms with Crippen molar-refractivity contribution >= 4 is 21.9 Å². The number of rotatable bonds is 4. The minimum Gasteiger partial charge on any atom is -0.477 e. The average molecular weight is 322 g/mol. The molecule has 4 nitrogen and oxygen atoms in total. The topological polar surface area (TPSA) is 59.4 Å². The highest BCUT2D eigenvalue weighted by molar-refractivity contribution is 9.10. The van der Waals surface area contributed by atoms with Crippen LogP contribution in [0.15, 0.2) is 41.0 Å². The zero-order valence-electron chi connectivity index (χ0n) is 10.3. The molecule has 1 N–H and O–H groups in total. The molecule has 1 aromatic carbocycles. The highest BCUT2D eigenvalue weighted by atomic mass is 79.9. The molecule has 0 unspecified atom stereocenters. The molecule has 19 heavy (non-hydrogen) atoms. The Balaban J connectivity index is 2.29. The second-order valence-corrected chi connectivity index (χ2v) is 4.83. The maximum atomic E-state index is 11.1. The van der Waals surface area contributed by atoms with Crippen LogP contribution in [0, 0.1) is 0 Å². The highest BCUT2D eigenvalue weighted by Gasteiger charge is 2.14. The van der Waals surface area contributed by atoms with E-state index in [2.05, 4.69) is 27.8 Å². The van der Waals surface area contributed by atoms with E-state index in [0.717, 1.165) is 6.42 Å². The minimum atomic E-state index is -1.08. The third-order valence-electron chi connectivity index (χ3n) is 2.59. The van der Waals surface area contributed by atoms with Crippen LogP contribution < -0.4 is 4.74 Å². The number of carbonyl (C=O) groups is 1. The number of aromatic nitrogens is 1. The van der Waals surface area contributed by atoms with Gasteiger partial charge in [0.25, 0.3) is 0 Å². The summed E-state index contributed by atoms with van der Waals surface area (Å²) in [5.74, 6) is -0.427. The summed E-state index contributed by atoms with van der Waals surface area (Å²) in [7, 11) is 0. The molecule has 98 valence electrons. The van der Waals surface area contributed by atoms with Gasteiger partial charge >= 0.3 is 5.97 Å². The van der Waals surface area contributed by atoms with E-state index in [9.17, 15) is 4.79 Å². The Morgan fingerprint density at radius 2 is 2.05 bits per heavy atom. The molecule has 0 saturated heterocycles. The third kappa shape index (κ3) is 3.32. The molecule has 5 heteroatoms. The van der Waals surface area contributed by atoms with Crippen molar-refractivity contribution in [3.05, 3.63) is 52.1 Å². The number of aryl methyl sites for hydroxylation is 1. The summed E-state index contributed by atoms with van der Waals surface area (Å²) >= 11 is 3.19. The van der Waals surface area contributed by atoms with Gasteiger partial charge in [-0.2, -0.15) is 0 Å². The number of ether oxygens (including phenoxy) is 1. The summed E-state index contributed by atoms with van der Waals surface area (Å²) in [6, 6.07) is 8.94. The second-order valence-electron chi connectivity index (χ2n) is 3.91. The first-order valence-corrected chi connectivity index (χ1v) is 6.55. The van der Waals surface area contributed by atoms with E-state index >= 15 is 0 Å². The van der Waals surface area contributed by atoms with Crippen LogP contribution in [-0.2, 0) is 6.42 Å². The molecule has 0 atom stereocenters. The molecule has 0 fully saturated rings. The molecule has 0 aliphatic carbocycles. The van der Waals surface area contributed by atoms with Crippen LogP contribution in [0.2, 0.25) is 0 Å². The SMILES string of the molecule is CCc1ccc(Oc2ncc(Br)cc2C(=O)O)cc1. The lowest BCUT2D eigenvalue weighted by atomic mass is 10.2. The van der Waals surface area contributed by atoms with E-state index in [0.29, 0.717) is 10.2 Å². The lowest BCUT2D eigenvalue weighted by molar-refractivity contribution is 0.0693. The predicted octanol–water partition coefficient (Wildman–Crippen LogP) is 3.90. The largest absolute Gasteiger partial charge is 0.477 e. The first-order chi connectivity index (χ1) is 9.10. The van der Waals surface area contributed by atoms with Crippen molar-refractivity contribution in [1.29, 1.82) is 0 Å². The molecule has 0 radical (unpaired) electrons. The summed E-state index contributed by atoms with van der Waals surface area (Å²) in [5.41, 5.74) is 1.21. The predicted molar refractivity (Wildman–Crippen MR) is 74.8 cm³/mol. The molecule has 0 aliphatic heterocycles. The monoisotopic (exact) mass is 321 g/mol. The molecule has 0 amide bonds. The van der Waals surface area contributed by atoms with Crippen LogP contribution in [-0.4, -0.2) is 16.1 Å². The Labute approximate surface area is 119 Å². The molecule has 0 bridgehead atoms. The Hall–Kier alpha value is -1.88. The van der Waals surface area contributed by atoms with Gasteiger partial charge in [0.1, 0.15) is 11.3 Å². The van der Waals surface area contributed by atoms with Gasteiger partial charge in [-0.1, -0.05) is 19.1 Å². The van der Waals surface area contributed by atoms with Crippen LogP contribution in [0.4, 0.5) is 0 Å². The number of nitrogens with zero attached hydrogens (tertiary/aromatic N) is 1. The van der Waals surface area contributed by atoms with Crippen molar-refractivity contribution in [3.8, 4) is 11.6 Å². The Morgan fingerprint density at radius 1 is 1.37 bits per heavy atom. The number of aromatic carboxylic acids is 1. The lowest BCUT2D eigenvalue weighted by Crippen LogP contribution is -2.02. The fourth-order valence-corrected chi connectivity index (χ4v) is 1.90. The number of hydrogen-bond acceptors (Lipinski definition) is 3. The van der Waals surface area contributed by atoms with Gasteiger partial charge in [0.05, 0.1) is 0 Å². The zero-order valence-corrected chi connectivity index (χ0v) is 11.8. The normalized spacial score (nSPS) is 10.2. The van der Waals surface area contributed by atoms with Gasteiger partial charge in [0.15, 0.2) is 0 Å². The Bertz CT molecular complexity index is 596. The van der Waals surface area contributed by atoms with Crippen molar-refractivity contribution in [1.82, 2.24) is 4.98 Å². The number of halogens is 1. The van der Waals surface area contributed by atoms with Crippen LogP contribution in [0.5, 0.6) is 11.6 Å². The van der Waals surface area contributed by atoms with Gasteiger partial charge in [-0.05, 0) is 46.1 Å². The van der Waals surface area contributed by atoms with Gasteiger partial charge in [0, 0.05) is 10.7 Å². The number of pyridine rings is 1. The maximum Gasteiger partial charge on any atom is 0.341 e. The maximum absolute atomic E-state index is 11.1. The molecule has 0 saturated carbocycles. The number of benzene rings is 1. The summed E-state index contributed by atoms with van der Waals surface area (Å²) in [5, 5.41) is 9.11. The van der Waals surface area contributed by atoms with Crippen molar-refractivity contribution in [2.24, 2.45) is 0 Å². The van der Waals surface area contributed by atoms with E-state index in [1.54, 1.807) is 12.1 Å². The smallest absolute Gasteiger partial charge is 0.341 e. The zero-order chi connectivity index (χ0) is 13.8. The number of carboxylic acids is 1. The van der Waals surface area contributed by atoms with Gasteiger partial charge in [0.2, 0.25) is 5.88 Å². The summed E-state index contributed by atoms with van der Waals surface area (Å²) < 4.78 is 6.11. The van der Waals surface area contributed by atoms with Crippen LogP contribution in [0.3, 0.4) is 0 Å². The summed E-state index contributed by atoms with van der Waals surface area (Å²) in [6.07, 6.45) is 2.44. The average Bonchev–Trinajstić information content (AvgIpc) is 2.41. The second kappa shape index (κ2) is 5.84. The number of carboxylic acid groups (broad SMARTS) is 1. The van der Waals surface area contributed by atoms with Gasteiger partial charge in [-0.15, -0.1) is 0 Å². The van der Waals surface area contributed by atoms with Crippen molar-refractivity contribution in [3.63, 3.8) is 0 Å². The molecule has 2 rings (SSSR count). The fourth-order valence-electron chi connectivity index (χ4n) is 1.57. The molecular formula is C14H12BrNO3. The summed E-state index contributed by atoms with van der Waals surface area (Å²) in [4.78, 5) is 15.1. The van der Waals surface area contributed by atoms with E-state index < -0.39 is 5.97 Å². The van der Waals surface area contributed by atoms with Crippen molar-refractivity contribution in [2.45, 2.75) is 13.3 Å². The van der Waals surface area contributed by atoms with Gasteiger partial charge in [-0.3, -0.25) is 0 Å². The van der Waals surface area contributed by atoms with Gasteiger partial charge < -0.3 is 9.84 Å². The number of hydrogen-bond donors (Lipinski definition) is 1. The fraction of sp³-hybridized carbons (Fsp3) is 0.143. The molecular weight excluding hydrogens is 310 g/mol. The van der Waals surface area contributed by atoms with Crippen LogP contribution in [0.1, 0.15) is 22.8 Å². The molecule has 1 heterocycles. The van der Waals surface area contributed by atoms with Crippen LogP contribution in [0.25, 0.3) is 0 Å². The lowest BCUT2D eigenvalue weighted by Gasteiger charge is -2.08. The quantitative estimate of drug-likeness (QED) is 0.927.